The molecule has 0 aromatic carbocycles. The second kappa shape index (κ2) is 5.24. The number of rotatable bonds is 3. The second-order valence-corrected chi connectivity index (χ2v) is 6.49. The molecule has 0 aliphatic carbocycles. The first-order chi connectivity index (χ1) is 8.04. The molecule has 1 aliphatic heterocycles. The summed E-state index contributed by atoms with van der Waals surface area (Å²) in [6, 6.07) is 0. The van der Waals surface area contributed by atoms with Crippen LogP contribution in [0.15, 0.2) is 5.38 Å². The minimum atomic E-state index is -0.102. The first-order valence-electron chi connectivity index (χ1n) is 5.97. The van der Waals surface area contributed by atoms with Crippen molar-refractivity contribution in [1.29, 1.82) is 0 Å². The molecule has 1 aliphatic rings. The number of halogens is 1. The first-order valence-corrected chi connectivity index (χ1v) is 7.97. The van der Waals surface area contributed by atoms with Crippen molar-refractivity contribution in [2.24, 2.45) is 0 Å². The Kier molecular flexibility index (Phi) is 4.10. The Balaban J connectivity index is 2.14. The lowest BCUT2D eigenvalue weighted by molar-refractivity contribution is -0.0724. The number of ether oxygens (including phenoxy) is 1. The van der Waals surface area contributed by atoms with Crippen molar-refractivity contribution in [3.05, 3.63) is 11.1 Å². The van der Waals surface area contributed by atoms with Gasteiger partial charge in [-0.3, -0.25) is 0 Å². The van der Waals surface area contributed by atoms with Crippen molar-refractivity contribution in [3.8, 4) is 0 Å². The van der Waals surface area contributed by atoms with Crippen LogP contribution in [0.1, 0.15) is 26.5 Å². The van der Waals surface area contributed by atoms with Crippen LogP contribution in [0.25, 0.3) is 0 Å². The number of hydrogen-bond acceptors (Lipinski definition) is 4. The second-order valence-electron chi connectivity index (χ2n) is 5.01. The van der Waals surface area contributed by atoms with Crippen LogP contribution < -0.4 is 4.90 Å². The number of thiazole rings is 1. The van der Waals surface area contributed by atoms with Gasteiger partial charge in [-0.1, -0.05) is 22.9 Å². The molecule has 1 unspecified atom stereocenters. The van der Waals surface area contributed by atoms with Crippen LogP contribution in [-0.4, -0.2) is 35.1 Å². The van der Waals surface area contributed by atoms with Crippen LogP contribution in [-0.2, 0) is 11.2 Å². The lowest BCUT2D eigenvalue weighted by Crippen LogP contribution is -2.53. The van der Waals surface area contributed by atoms with E-state index in [2.05, 4.69) is 52.0 Å². The van der Waals surface area contributed by atoms with E-state index in [9.17, 15) is 0 Å². The molecule has 0 radical (unpaired) electrons. The SMILES string of the molecule is CCc1csc(N2CC(CBr)OC(C)(C)C2)n1. The Hall–Kier alpha value is -0.130. The van der Waals surface area contributed by atoms with E-state index in [4.69, 9.17) is 4.74 Å². The van der Waals surface area contributed by atoms with Crippen molar-refractivity contribution in [2.45, 2.75) is 38.9 Å². The predicted octanol–water partition coefficient (Wildman–Crippen LogP) is 3.08. The number of nitrogens with zero attached hydrogens (tertiary/aromatic N) is 2. The third-order valence-corrected chi connectivity index (χ3v) is 4.50. The molecule has 0 amide bonds. The lowest BCUT2D eigenvalue weighted by Gasteiger charge is -2.42. The molecule has 0 N–H and O–H groups in total. The van der Waals surface area contributed by atoms with E-state index < -0.39 is 0 Å². The Morgan fingerprint density at radius 2 is 2.41 bits per heavy atom. The molecule has 1 aromatic rings. The highest BCUT2D eigenvalue weighted by Gasteiger charge is 2.33. The predicted molar refractivity (Wildman–Crippen MR) is 76.5 cm³/mol. The lowest BCUT2D eigenvalue weighted by atomic mass is 10.1. The van der Waals surface area contributed by atoms with Crippen LogP contribution in [0.4, 0.5) is 5.13 Å². The van der Waals surface area contributed by atoms with Crippen molar-refractivity contribution < 1.29 is 4.74 Å². The third kappa shape index (κ3) is 3.20. The van der Waals surface area contributed by atoms with Gasteiger partial charge < -0.3 is 9.64 Å². The van der Waals surface area contributed by atoms with E-state index in [0.29, 0.717) is 0 Å². The van der Waals surface area contributed by atoms with E-state index in [-0.39, 0.29) is 11.7 Å². The fourth-order valence-electron chi connectivity index (χ4n) is 2.13. The summed E-state index contributed by atoms with van der Waals surface area (Å²) >= 11 is 5.25. The molecule has 2 heterocycles. The van der Waals surface area contributed by atoms with Gasteiger partial charge in [-0.25, -0.2) is 4.98 Å². The minimum Gasteiger partial charge on any atom is -0.368 e. The van der Waals surface area contributed by atoms with Gasteiger partial charge in [-0.05, 0) is 20.3 Å². The molecular formula is C12H19BrN2OS. The van der Waals surface area contributed by atoms with E-state index in [1.54, 1.807) is 11.3 Å². The monoisotopic (exact) mass is 318 g/mol. The molecule has 0 spiro atoms. The molecule has 96 valence electrons. The molecule has 3 nitrogen and oxygen atoms in total. The van der Waals surface area contributed by atoms with Crippen LogP contribution in [0.5, 0.6) is 0 Å². The van der Waals surface area contributed by atoms with E-state index in [0.717, 1.165) is 30.0 Å². The van der Waals surface area contributed by atoms with Gasteiger partial charge in [0.05, 0.1) is 17.4 Å². The molecule has 0 saturated carbocycles. The van der Waals surface area contributed by atoms with Gasteiger partial charge >= 0.3 is 0 Å². The molecule has 1 aromatic heterocycles. The molecule has 1 fully saturated rings. The largest absolute Gasteiger partial charge is 0.368 e. The standard InChI is InChI=1S/C12H19BrN2OS/c1-4-9-7-17-11(14-9)15-6-10(5-13)16-12(2,3)8-15/h7,10H,4-6,8H2,1-3H3. The van der Waals surface area contributed by atoms with Gasteiger partial charge in [0, 0.05) is 23.8 Å². The van der Waals surface area contributed by atoms with E-state index in [1.165, 1.54) is 5.69 Å². The van der Waals surface area contributed by atoms with Gasteiger partial charge in [0.2, 0.25) is 0 Å². The summed E-state index contributed by atoms with van der Waals surface area (Å²) in [5.74, 6) is 0. The summed E-state index contributed by atoms with van der Waals surface area (Å²) in [5, 5.41) is 4.16. The first kappa shape index (κ1) is 13.3. The highest BCUT2D eigenvalue weighted by Crippen LogP contribution is 2.29. The van der Waals surface area contributed by atoms with Crippen molar-refractivity contribution in [2.75, 3.05) is 23.3 Å². The quantitative estimate of drug-likeness (QED) is 0.801. The molecule has 2 rings (SSSR count). The van der Waals surface area contributed by atoms with Crippen molar-refractivity contribution in [1.82, 2.24) is 4.98 Å². The Morgan fingerprint density at radius 3 is 3.00 bits per heavy atom. The van der Waals surface area contributed by atoms with Gasteiger partial charge in [0.25, 0.3) is 0 Å². The zero-order chi connectivity index (χ0) is 12.5. The smallest absolute Gasteiger partial charge is 0.185 e. The molecule has 0 bridgehead atoms. The van der Waals surface area contributed by atoms with Crippen LogP contribution in [0, 0.1) is 0 Å². The normalized spacial score (nSPS) is 24.0. The van der Waals surface area contributed by atoms with E-state index >= 15 is 0 Å². The Labute approximate surface area is 115 Å². The summed E-state index contributed by atoms with van der Waals surface area (Å²) in [4.78, 5) is 7.01. The Morgan fingerprint density at radius 1 is 1.65 bits per heavy atom. The Bertz CT molecular complexity index is 380. The maximum absolute atomic E-state index is 6.00. The topological polar surface area (TPSA) is 25.4 Å². The number of aromatic nitrogens is 1. The van der Waals surface area contributed by atoms with Gasteiger partial charge in [-0.2, -0.15) is 0 Å². The highest BCUT2D eigenvalue weighted by atomic mass is 79.9. The highest BCUT2D eigenvalue weighted by molar-refractivity contribution is 9.09. The number of hydrogen-bond donors (Lipinski definition) is 0. The summed E-state index contributed by atoms with van der Waals surface area (Å²) in [5.41, 5.74) is 1.08. The van der Waals surface area contributed by atoms with Crippen LogP contribution in [0.3, 0.4) is 0 Å². The van der Waals surface area contributed by atoms with Gasteiger partial charge in [0.1, 0.15) is 0 Å². The number of aryl methyl sites for hydroxylation is 1. The number of anilines is 1. The summed E-state index contributed by atoms with van der Waals surface area (Å²) in [6.07, 6.45) is 1.25. The van der Waals surface area contributed by atoms with E-state index in [1.807, 2.05) is 0 Å². The minimum absolute atomic E-state index is 0.102. The molecule has 17 heavy (non-hydrogen) atoms. The van der Waals surface area contributed by atoms with Crippen molar-refractivity contribution in [3.63, 3.8) is 0 Å². The van der Waals surface area contributed by atoms with Gasteiger partial charge in [-0.15, -0.1) is 11.3 Å². The zero-order valence-electron chi connectivity index (χ0n) is 10.6. The average molecular weight is 319 g/mol. The molecule has 5 heteroatoms. The molecule has 1 saturated heterocycles. The third-order valence-electron chi connectivity index (χ3n) is 2.83. The molecular weight excluding hydrogens is 300 g/mol. The fourth-order valence-corrected chi connectivity index (χ4v) is 3.38. The zero-order valence-corrected chi connectivity index (χ0v) is 13.0. The summed E-state index contributed by atoms with van der Waals surface area (Å²) in [6.45, 7) is 8.26. The summed E-state index contributed by atoms with van der Waals surface area (Å²) < 4.78 is 6.00. The van der Waals surface area contributed by atoms with Crippen molar-refractivity contribution >= 4 is 32.4 Å². The van der Waals surface area contributed by atoms with Gasteiger partial charge in [0.15, 0.2) is 5.13 Å². The van der Waals surface area contributed by atoms with Crippen LogP contribution in [0.2, 0.25) is 0 Å². The average Bonchev–Trinajstić information content (AvgIpc) is 2.75. The fraction of sp³-hybridized carbons (Fsp3) is 0.750. The summed E-state index contributed by atoms with van der Waals surface area (Å²) in [7, 11) is 0. The molecule has 1 atom stereocenters. The number of morpholine rings is 1. The van der Waals surface area contributed by atoms with Crippen LogP contribution >= 0.6 is 27.3 Å². The number of alkyl halides is 1. The maximum Gasteiger partial charge on any atom is 0.185 e. The maximum atomic E-state index is 6.00.